The van der Waals surface area contributed by atoms with Crippen molar-refractivity contribution >= 4 is 11.9 Å². The molecule has 2 heterocycles. The van der Waals surface area contributed by atoms with Crippen molar-refractivity contribution < 1.29 is 19.1 Å². The fourth-order valence-corrected chi connectivity index (χ4v) is 2.99. The number of benzene rings is 1. The molecule has 1 aromatic carbocycles. The van der Waals surface area contributed by atoms with Crippen LogP contribution in [0, 0.1) is 13.8 Å². The number of carbonyl (C=O) groups is 2. The Morgan fingerprint density at radius 1 is 0.800 bits per heavy atom. The van der Waals surface area contributed by atoms with E-state index in [1.165, 1.54) is 0 Å². The fraction of sp³-hybridized carbons (Fsp3) is 0.400. The molecule has 0 amide bonds. The van der Waals surface area contributed by atoms with Crippen molar-refractivity contribution in [3.63, 3.8) is 0 Å². The van der Waals surface area contributed by atoms with Crippen LogP contribution in [0.15, 0.2) is 24.3 Å². The molecule has 158 valence electrons. The van der Waals surface area contributed by atoms with E-state index < -0.39 is 11.9 Å². The van der Waals surface area contributed by atoms with Crippen LogP contribution in [-0.2, 0) is 22.6 Å². The molecule has 0 atom stereocenters. The summed E-state index contributed by atoms with van der Waals surface area (Å²) in [6, 6.07) is 7.79. The van der Waals surface area contributed by atoms with E-state index in [2.05, 4.69) is 20.6 Å². The van der Waals surface area contributed by atoms with Crippen molar-refractivity contribution in [1.29, 1.82) is 0 Å². The highest BCUT2D eigenvalue weighted by atomic mass is 16.5. The maximum atomic E-state index is 12.0. The smallest absolute Gasteiger partial charge is 0.360 e. The van der Waals surface area contributed by atoms with Gasteiger partial charge in [-0.25, -0.2) is 19.0 Å². The molecular weight excluding hydrogens is 388 g/mol. The summed E-state index contributed by atoms with van der Waals surface area (Å²) in [6.07, 6.45) is 0. The lowest BCUT2D eigenvalue weighted by Gasteiger charge is -2.11. The molecule has 0 fully saturated rings. The molecule has 3 rings (SSSR count). The van der Waals surface area contributed by atoms with E-state index in [4.69, 9.17) is 9.47 Å². The van der Waals surface area contributed by atoms with Crippen LogP contribution < -0.4 is 0 Å². The highest BCUT2D eigenvalue weighted by molar-refractivity contribution is 5.88. The first-order valence-corrected chi connectivity index (χ1v) is 9.67. The van der Waals surface area contributed by atoms with E-state index in [1.54, 1.807) is 37.1 Å². The van der Waals surface area contributed by atoms with Crippen molar-refractivity contribution in [2.75, 3.05) is 13.2 Å². The minimum atomic E-state index is -0.487. The van der Waals surface area contributed by atoms with Crippen molar-refractivity contribution in [3.8, 4) is 0 Å². The molecule has 0 radical (unpaired) electrons. The van der Waals surface area contributed by atoms with Gasteiger partial charge in [-0.3, -0.25) is 0 Å². The van der Waals surface area contributed by atoms with Gasteiger partial charge in [0, 0.05) is 0 Å². The van der Waals surface area contributed by atoms with Gasteiger partial charge in [0.05, 0.1) is 37.7 Å². The molecule has 0 spiro atoms. The predicted molar refractivity (Wildman–Crippen MR) is 106 cm³/mol. The molecule has 0 aliphatic rings. The molecule has 30 heavy (non-hydrogen) atoms. The monoisotopic (exact) mass is 412 g/mol. The van der Waals surface area contributed by atoms with Gasteiger partial charge in [-0.05, 0) is 38.8 Å². The van der Waals surface area contributed by atoms with E-state index in [-0.39, 0.29) is 24.6 Å². The van der Waals surface area contributed by atoms with Crippen molar-refractivity contribution in [2.45, 2.75) is 40.8 Å². The Balaban J connectivity index is 1.83. The van der Waals surface area contributed by atoms with Gasteiger partial charge in [-0.15, -0.1) is 10.2 Å². The summed E-state index contributed by atoms with van der Waals surface area (Å²) in [5.41, 5.74) is 3.64. The van der Waals surface area contributed by atoms with Crippen LogP contribution in [0.5, 0.6) is 0 Å². The molecule has 0 aliphatic carbocycles. The number of nitrogens with zero attached hydrogens (tertiary/aromatic N) is 6. The largest absolute Gasteiger partial charge is 0.461 e. The molecule has 2 aromatic heterocycles. The zero-order valence-electron chi connectivity index (χ0n) is 17.5. The second-order valence-corrected chi connectivity index (χ2v) is 6.57. The van der Waals surface area contributed by atoms with Gasteiger partial charge < -0.3 is 9.47 Å². The Labute approximate surface area is 173 Å². The number of hydrogen-bond donors (Lipinski definition) is 0. The van der Waals surface area contributed by atoms with Crippen LogP contribution in [0.2, 0.25) is 0 Å². The third kappa shape index (κ3) is 4.37. The van der Waals surface area contributed by atoms with Gasteiger partial charge in [0.2, 0.25) is 0 Å². The quantitative estimate of drug-likeness (QED) is 0.516. The van der Waals surface area contributed by atoms with Gasteiger partial charge >= 0.3 is 11.9 Å². The summed E-state index contributed by atoms with van der Waals surface area (Å²) in [4.78, 5) is 24.0. The van der Waals surface area contributed by atoms with Crippen LogP contribution in [0.1, 0.15) is 57.3 Å². The number of carbonyl (C=O) groups excluding carboxylic acids is 2. The van der Waals surface area contributed by atoms with Crippen LogP contribution in [-0.4, -0.2) is 55.1 Å². The maximum absolute atomic E-state index is 12.0. The highest BCUT2D eigenvalue weighted by Gasteiger charge is 2.20. The summed E-state index contributed by atoms with van der Waals surface area (Å²) in [5, 5.41) is 16.1. The highest BCUT2D eigenvalue weighted by Crippen LogP contribution is 2.16. The number of rotatable bonds is 8. The van der Waals surface area contributed by atoms with Gasteiger partial charge in [0.15, 0.2) is 11.4 Å². The lowest BCUT2D eigenvalue weighted by molar-refractivity contribution is 0.0509. The number of ether oxygens (including phenoxy) is 2. The second-order valence-electron chi connectivity index (χ2n) is 6.57. The minimum Gasteiger partial charge on any atom is -0.461 e. The molecule has 3 aromatic rings. The molecule has 0 saturated carbocycles. The Hall–Kier alpha value is -3.56. The molecule has 0 saturated heterocycles. The predicted octanol–water partition coefficient (Wildman–Crippen LogP) is 1.94. The summed E-state index contributed by atoms with van der Waals surface area (Å²) in [7, 11) is 0. The average Bonchev–Trinajstić information content (AvgIpc) is 3.27. The van der Waals surface area contributed by atoms with Crippen molar-refractivity contribution in [2.24, 2.45) is 0 Å². The molecule has 0 bridgehead atoms. The van der Waals surface area contributed by atoms with Gasteiger partial charge in [0.25, 0.3) is 0 Å². The van der Waals surface area contributed by atoms with Crippen LogP contribution in [0.4, 0.5) is 0 Å². The topological polar surface area (TPSA) is 114 Å². The van der Waals surface area contributed by atoms with Crippen LogP contribution in [0.25, 0.3) is 0 Å². The summed E-state index contributed by atoms with van der Waals surface area (Å²) >= 11 is 0. The standard InChI is InChI=1S/C20H24N6O4/c1-5-29-19(27)17-13(3)25(23-21-17)11-15-9-7-8-10-16(15)12-26-14(4)18(22-24-26)20(28)30-6-2/h7-10H,5-6,11-12H2,1-4H3. The molecule has 0 aliphatic heterocycles. The van der Waals surface area contributed by atoms with Crippen molar-refractivity contribution in [3.05, 3.63) is 58.2 Å². The molecule has 10 nitrogen and oxygen atoms in total. The first kappa shape index (κ1) is 21.2. The van der Waals surface area contributed by atoms with Gasteiger partial charge in [-0.1, -0.05) is 34.7 Å². The van der Waals surface area contributed by atoms with Crippen LogP contribution >= 0.6 is 0 Å². The second kappa shape index (κ2) is 9.29. The SMILES string of the molecule is CCOC(=O)c1nnn(Cc2ccccc2Cn2nnc(C(=O)OCC)c2C)c1C. The Kier molecular flexibility index (Phi) is 6.55. The van der Waals surface area contributed by atoms with Crippen molar-refractivity contribution in [1.82, 2.24) is 30.0 Å². The normalized spacial score (nSPS) is 10.8. The molecule has 0 N–H and O–H groups in total. The van der Waals surface area contributed by atoms with E-state index >= 15 is 0 Å². The van der Waals surface area contributed by atoms with Gasteiger partial charge in [-0.2, -0.15) is 0 Å². The average molecular weight is 412 g/mol. The Bertz CT molecular complexity index is 972. The maximum Gasteiger partial charge on any atom is 0.360 e. The summed E-state index contributed by atoms with van der Waals surface area (Å²) < 4.78 is 13.3. The zero-order chi connectivity index (χ0) is 21.7. The van der Waals surface area contributed by atoms with Crippen LogP contribution in [0.3, 0.4) is 0 Å². The summed E-state index contributed by atoms with van der Waals surface area (Å²) in [5.74, 6) is -0.974. The summed E-state index contributed by atoms with van der Waals surface area (Å²) in [6.45, 7) is 8.45. The number of aromatic nitrogens is 6. The molecular formula is C20H24N6O4. The van der Waals surface area contributed by atoms with E-state index in [1.807, 2.05) is 24.3 Å². The lowest BCUT2D eigenvalue weighted by Crippen LogP contribution is -2.12. The Morgan fingerprint density at radius 2 is 1.20 bits per heavy atom. The van der Waals surface area contributed by atoms with Gasteiger partial charge in [0.1, 0.15) is 0 Å². The number of esters is 2. The Morgan fingerprint density at radius 3 is 1.57 bits per heavy atom. The first-order valence-electron chi connectivity index (χ1n) is 9.67. The molecule has 10 heteroatoms. The third-order valence-electron chi connectivity index (χ3n) is 4.66. The number of hydrogen-bond acceptors (Lipinski definition) is 8. The van der Waals surface area contributed by atoms with E-state index in [0.717, 1.165) is 11.1 Å². The third-order valence-corrected chi connectivity index (χ3v) is 4.66. The fourth-order valence-electron chi connectivity index (χ4n) is 2.99. The molecule has 0 unspecified atom stereocenters. The van der Waals surface area contributed by atoms with E-state index in [9.17, 15) is 9.59 Å². The zero-order valence-corrected chi connectivity index (χ0v) is 17.5. The minimum absolute atomic E-state index is 0.209. The first-order chi connectivity index (χ1) is 14.5. The van der Waals surface area contributed by atoms with E-state index in [0.29, 0.717) is 24.5 Å². The lowest BCUT2D eigenvalue weighted by atomic mass is 10.1.